The van der Waals surface area contributed by atoms with Gasteiger partial charge in [0.1, 0.15) is 11.5 Å². The van der Waals surface area contributed by atoms with Crippen molar-refractivity contribution in [1.29, 1.82) is 0 Å². The van der Waals surface area contributed by atoms with Crippen molar-refractivity contribution in [2.45, 2.75) is 0 Å². The van der Waals surface area contributed by atoms with Crippen LogP contribution in [0, 0.1) is 0 Å². The van der Waals surface area contributed by atoms with Crippen LogP contribution in [0.1, 0.15) is 0 Å². The SMILES string of the molecule is COc1ccc(N2CCN(C(=O)COC(=O)COc3ccccc3Cl)CC2)cc1. The molecule has 0 atom stereocenters. The summed E-state index contributed by atoms with van der Waals surface area (Å²) in [4.78, 5) is 28.0. The minimum atomic E-state index is -0.616. The van der Waals surface area contributed by atoms with Crippen LogP contribution >= 0.6 is 11.6 Å². The molecule has 2 aromatic rings. The van der Waals surface area contributed by atoms with Crippen LogP contribution in [-0.2, 0) is 14.3 Å². The third kappa shape index (κ3) is 5.77. The summed E-state index contributed by atoms with van der Waals surface area (Å²) in [6.07, 6.45) is 0. The van der Waals surface area contributed by atoms with Crippen molar-refractivity contribution in [1.82, 2.24) is 4.90 Å². The van der Waals surface area contributed by atoms with Crippen LogP contribution in [0.2, 0.25) is 5.02 Å². The van der Waals surface area contributed by atoms with Crippen LogP contribution in [0.4, 0.5) is 5.69 Å². The fourth-order valence-electron chi connectivity index (χ4n) is 2.98. The zero-order valence-corrected chi connectivity index (χ0v) is 16.9. The number of hydrogen-bond donors (Lipinski definition) is 0. The predicted octanol–water partition coefficient (Wildman–Crippen LogP) is 2.62. The molecule has 0 bridgehead atoms. The maximum absolute atomic E-state index is 12.3. The van der Waals surface area contributed by atoms with Crippen LogP contribution in [0.3, 0.4) is 0 Å². The predicted molar refractivity (Wildman–Crippen MR) is 110 cm³/mol. The molecular weight excluding hydrogens is 396 g/mol. The van der Waals surface area contributed by atoms with Crippen LogP contribution in [-0.4, -0.2) is 63.3 Å². The molecule has 1 saturated heterocycles. The van der Waals surface area contributed by atoms with Crippen molar-refractivity contribution in [2.24, 2.45) is 0 Å². The molecule has 0 aromatic heterocycles. The average molecular weight is 419 g/mol. The Morgan fingerprint density at radius 3 is 2.31 bits per heavy atom. The summed E-state index contributed by atoms with van der Waals surface area (Å²) < 4.78 is 15.5. The highest BCUT2D eigenvalue weighted by Crippen LogP contribution is 2.23. The maximum atomic E-state index is 12.3. The number of amides is 1. The summed E-state index contributed by atoms with van der Waals surface area (Å²) in [7, 11) is 1.63. The van der Waals surface area contributed by atoms with Gasteiger partial charge in [0.25, 0.3) is 5.91 Å². The number of nitrogens with zero attached hydrogens (tertiary/aromatic N) is 2. The quantitative estimate of drug-likeness (QED) is 0.644. The number of halogens is 1. The first kappa shape index (κ1) is 20.8. The van der Waals surface area contributed by atoms with E-state index in [4.69, 9.17) is 25.8 Å². The molecule has 1 amide bonds. The second kappa shape index (κ2) is 10.0. The molecule has 0 saturated carbocycles. The molecule has 29 heavy (non-hydrogen) atoms. The van der Waals surface area contributed by atoms with Gasteiger partial charge >= 0.3 is 5.97 Å². The largest absolute Gasteiger partial charge is 0.497 e. The van der Waals surface area contributed by atoms with E-state index in [1.54, 1.807) is 36.3 Å². The minimum absolute atomic E-state index is 0.217. The lowest BCUT2D eigenvalue weighted by molar-refractivity contribution is -0.153. The number of methoxy groups -OCH3 is 1. The molecule has 2 aromatic carbocycles. The Labute approximate surface area is 174 Å². The molecule has 8 heteroatoms. The van der Waals surface area contributed by atoms with E-state index in [-0.39, 0.29) is 19.1 Å². The van der Waals surface area contributed by atoms with E-state index in [0.29, 0.717) is 37.0 Å². The Bertz CT molecular complexity index is 835. The topological polar surface area (TPSA) is 68.3 Å². The van der Waals surface area contributed by atoms with Crippen LogP contribution < -0.4 is 14.4 Å². The monoisotopic (exact) mass is 418 g/mol. The lowest BCUT2D eigenvalue weighted by atomic mass is 10.2. The molecule has 3 rings (SSSR count). The molecule has 154 valence electrons. The van der Waals surface area contributed by atoms with Gasteiger partial charge in [0.15, 0.2) is 13.2 Å². The minimum Gasteiger partial charge on any atom is -0.497 e. The number of benzene rings is 2. The second-order valence-electron chi connectivity index (χ2n) is 6.45. The normalized spacial score (nSPS) is 13.7. The lowest BCUT2D eigenvalue weighted by Gasteiger charge is -2.36. The lowest BCUT2D eigenvalue weighted by Crippen LogP contribution is -2.50. The van der Waals surface area contributed by atoms with E-state index < -0.39 is 5.97 Å². The Kier molecular flexibility index (Phi) is 7.19. The molecule has 7 nitrogen and oxygen atoms in total. The molecule has 1 fully saturated rings. The molecule has 1 heterocycles. The highest BCUT2D eigenvalue weighted by atomic mass is 35.5. The van der Waals surface area contributed by atoms with Crippen molar-refractivity contribution in [3.05, 3.63) is 53.6 Å². The number of anilines is 1. The fraction of sp³-hybridized carbons (Fsp3) is 0.333. The van der Waals surface area contributed by atoms with Gasteiger partial charge in [-0.2, -0.15) is 0 Å². The zero-order chi connectivity index (χ0) is 20.6. The molecule has 1 aliphatic rings. The third-order valence-electron chi connectivity index (χ3n) is 4.61. The zero-order valence-electron chi connectivity index (χ0n) is 16.2. The first-order chi connectivity index (χ1) is 14.1. The molecule has 0 unspecified atom stereocenters. The van der Waals surface area contributed by atoms with Crippen LogP contribution in [0.5, 0.6) is 11.5 Å². The number of para-hydroxylation sites is 1. The van der Waals surface area contributed by atoms with E-state index in [1.165, 1.54) is 0 Å². The molecule has 0 aliphatic carbocycles. The molecule has 0 N–H and O–H groups in total. The number of ether oxygens (including phenoxy) is 3. The number of carbonyl (C=O) groups excluding carboxylic acids is 2. The van der Waals surface area contributed by atoms with Gasteiger partial charge < -0.3 is 24.0 Å². The van der Waals surface area contributed by atoms with E-state index in [0.717, 1.165) is 11.4 Å². The summed E-state index contributed by atoms with van der Waals surface area (Å²) in [6.45, 7) is 1.95. The number of piperazine rings is 1. The van der Waals surface area contributed by atoms with Crippen molar-refractivity contribution in [3.8, 4) is 11.5 Å². The fourth-order valence-corrected chi connectivity index (χ4v) is 3.17. The van der Waals surface area contributed by atoms with Crippen molar-refractivity contribution in [3.63, 3.8) is 0 Å². The van der Waals surface area contributed by atoms with Gasteiger partial charge in [-0.05, 0) is 36.4 Å². The number of carbonyl (C=O) groups is 2. The van der Waals surface area contributed by atoms with E-state index in [1.807, 2.05) is 24.3 Å². The summed E-state index contributed by atoms with van der Waals surface area (Å²) in [5.74, 6) is 0.371. The van der Waals surface area contributed by atoms with Crippen LogP contribution in [0.15, 0.2) is 48.5 Å². The van der Waals surface area contributed by atoms with Gasteiger partial charge in [0.05, 0.1) is 12.1 Å². The van der Waals surface area contributed by atoms with Crippen molar-refractivity contribution in [2.75, 3.05) is 51.4 Å². The summed E-state index contributed by atoms with van der Waals surface area (Å²) in [5, 5.41) is 0.408. The highest BCUT2D eigenvalue weighted by molar-refractivity contribution is 6.32. The first-order valence-corrected chi connectivity index (χ1v) is 9.64. The summed E-state index contributed by atoms with van der Waals surface area (Å²) >= 11 is 5.96. The van der Waals surface area contributed by atoms with E-state index >= 15 is 0 Å². The van der Waals surface area contributed by atoms with Gasteiger partial charge in [0.2, 0.25) is 0 Å². The molecule has 0 radical (unpaired) electrons. The van der Waals surface area contributed by atoms with Crippen molar-refractivity contribution >= 4 is 29.2 Å². The Hall–Kier alpha value is -2.93. The van der Waals surface area contributed by atoms with Gasteiger partial charge in [-0.3, -0.25) is 4.79 Å². The van der Waals surface area contributed by atoms with Crippen LogP contribution in [0.25, 0.3) is 0 Å². The van der Waals surface area contributed by atoms with Gasteiger partial charge in [-0.25, -0.2) is 4.79 Å². The van der Waals surface area contributed by atoms with Crippen molar-refractivity contribution < 1.29 is 23.8 Å². The summed E-state index contributed by atoms with van der Waals surface area (Å²) in [5.41, 5.74) is 1.08. The highest BCUT2D eigenvalue weighted by Gasteiger charge is 2.22. The van der Waals surface area contributed by atoms with E-state index in [9.17, 15) is 9.59 Å². The second-order valence-corrected chi connectivity index (χ2v) is 6.85. The summed E-state index contributed by atoms with van der Waals surface area (Å²) in [6, 6.07) is 14.7. The van der Waals surface area contributed by atoms with Gasteiger partial charge in [0, 0.05) is 31.9 Å². The molecular formula is C21H23ClN2O5. The smallest absolute Gasteiger partial charge is 0.344 e. The first-order valence-electron chi connectivity index (χ1n) is 9.26. The Morgan fingerprint density at radius 2 is 1.66 bits per heavy atom. The molecule has 0 spiro atoms. The average Bonchev–Trinajstić information content (AvgIpc) is 2.77. The number of esters is 1. The standard InChI is InChI=1S/C21H23ClN2O5/c1-27-17-8-6-16(7-9-17)23-10-12-24(13-11-23)20(25)14-29-21(26)15-28-19-5-3-2-4-18(19)22/h2-9H,10-15H2,1H3. The number of hydrogen-bond acceptors (Lipinski definition) is 6. The third-order valence-corrected chi connectivity index (χ3v) is 4.92. The Balaban J connectivity index is 1.39. The van der Waals surface area contributed by atoms with Gasteiger partial charge in [-0.15, -0.1) is 0 Å². The van der Waals surface area contributed by atoms with E-state index in [2.05, 4.69) is 4.90 Å². The number of rotatable bonds is 7. The maximum Gasteiger partial charge on any atom is 0.344 e. The Morgan fingerprint density at radius 1 is 0.966 bits per heavy atom. The molecule has 1 aliphatic heterocycles. The van der Waals surface area contributed by atoms with Gasteiger partial charge in [-0.1, -0.05) is 23.7 Å².